The molecule has 134 valence electrons. The molecule has 2 heterocycles. The summed E-state index contributed by atoms with van der Waals surface area (Å²) in [6.45, 7) is 3.71. The van der Waals surface area contributed by atoms with Gasteiger partial charge in [-0.15, -0.1) is 0 Å². The molecule has 0 aliphatic carbocycles. The number of hydrogen-bond acceptors (Lipinski definition) is 2. The number of H-pyrrole nitrogens is 1. The number of nitrogens with one attached hydrogen (secondary N) is 1. The van der Waals surface area contributed by atoms with Crippen molar-refractivity contribution in [1.82, 2.24) is 9.88 Å². The molecule has 2 aromatic carbocycles. The molecule has 1 N–H and O–H groups in total. The lowest BCUT2D eigenvalue weighted by Gasteiger charge is -2.31. The van der Waals surface area contributed by atoms with Gasteiger partial charge >= 0.3 is 0 Å². The summed E-state index contributed by atoms with van der Waals surface area (Å²) in [4.78, 5) is 18.2. The molecule has 4 rings (SSSR count). The molecule has 0 atom stereocenters. The van der Waals surface area contributed by atoms with Crippen LogP contribution in [0.3, 0.4) is 0 Å². The second kappa shape index (κ2) is 6.87. The first-order valence-electron chi connectivity index (χ1n) is 9.16. The molecular formula is C22H24N2O2. The number of carbonyl (C=O) groups excluding carboxylic acids is 1. The zero-order valence-electron chi connectivity index (χ0n) is 15.3. The Balaban J connectivity index is 1.43. The summed E-state index contributed by atoms with van der Waals surface area (Å²) in [7, 11) is 1.63. The highest BCUT2D eigenvalue weighted by atomic mass is 16.5. The molecule has 0 radical (unpaired) electrons. The zero-order valence-corrected chi connectivity index (χ0v) is 15.3. The number of aryl methyl sites for hydroxylation is 1. The molecule has 1 fully saturated rings. The van der Waals surface area contributed by atoms with Gasteiger partial charge in [0, 0.05) is 35.8 Å². The van der Waals surface area contributed by atoms with Gasteiger partial charge in [0.2, 0.25) is 0 Å². The van der Waals surface area contributed by atoms with Gasteiger partial charge in [-0.25, -0.2) is 0 Å². The zero-order chi connectivity index (χ0) is 18.1. The third-order valence-corrected chi connectivity index (χ3v) is 5.36. The largest absolute Gasteiger partial charge is 0.497 e. The second-order valence-corrected chi connectivity index (χ2v) is 7.11. The van der Waals surface area contributed by atoms with Gasteiger partial charge in [-0.3, -0.25) is 4.79 Å². The molecule has 1 amide bonds. The molecule has 1 aliphatic heterocycles. The van der Waals surface area contributed by atoms with Crippen molar-refractivity contribution >= 4 is 16.8 Å². The Morgan fingerprint density at radius 2 is 1.81 bits per heavy atom. The number of fused-ring (bicyclic) bond motifs is 1. The number of piperidine rings is 1. The predicted octanol–water partition coefficient (Wildman–Crippen LogP) is 4.50. The second-order valence-electron chi connectivity index (χ2n) is 7.11. The van der Waals surface area contributed by atoms with Crippen LogP contribution in [0.15, 0.2) is 48.5 Å². The molecule has 4 nitrogen and oxygen atoms in total. The third-order valence-electron chi connectivity index (χ3n) is 5.36. The first-order valence-corrected chi connectivity index (χ1v) is 9.16. The van der Waals surface area contributed by atoms with Crippen molar-refractivity contribution in [2.75, 3.05) is 20.2 Å². The highest BCUT2D eigenvalue weighted by Gasteiger charge is 2.25. The average Bonchev–Trinajstić information content (AvgIpc) is 3.11. The number of aromatic nitrogens is 1. The maximum atomic E-state index is 12.7. The topological polar surface area (TPSA) is 45.3 Å². The summed E-state index contributed by atoms with van der Waals surface area (Å²) in [5.74, 6) is 1.37. The lowest BCUT2D eigenvalue weighted by molar-refractivity contribution is 0.0712. The van der Waals surface area contributed by atoms with Crippen LogP contribution in [0, 0.1) is 6.92 Å². The number of carbonyl (C=O) groups is 1. The number of benzene rings is 2. The number of likely N-dealkylation sites (tertiary alicyclic amines) is 1. The van der Waals surface area contributed by atoms with Crippen LogP contribution in [0.2, 0.25) is 0 Å². The van der Waals surface area contributed by atoms with Gasteiger partial charge in [-0.2, -0.15) is 0 Å². The minimum atomic E-state index is 0.110. The smallest absolute Gasteiger partial charge is 0.253 e. The van der Waals surface area contributed by atoms with E-state index in [2.05, 4.69) is 36.2 Å². The summed E-state index contributed by atoms with van der Waals surface area (Å²) in [5.41, 5.74) is 4.50. The van der Waals surface area contributed by atoms with E-state index >= 15 is 0 Å². The van der Waals surface area contributed by atoms with Crippen LogP contribution in [0.1, 0.15) is 40.4 Å². The summed E-state index contributed by atoms with van der Waals surface area (Å²) in [6, 6.07) is 16.1. The minimum Gasteiger partial charge on any atom is -0.497 e. The van der Waals surface area contributed by atoms with Gasteiger partial charge in [-0.05, 0) is 67.6 Å². The van der Waals surface area contributed by atoms with E-state index < -0.39 is 0 Å². The van der Waals surface area contributed by atoms with Crippen molar-refractivity contribution in [3.63, 3.8) is 0 Å². The highest BCUT2D eigenvalue weighted by Crippen LogP contribution is 2.30. The maximum absolute atomic E-state index is 12.7. The fraction of sp³-hybridized carbons (Fsp3) is 0.318. The van der Waals surface area contributed by atoms with Crippen LogP contribution >= 0.6 is 0 Å². The molecule has 0 saturated carbocycles. The fourth-order valence-corrected chi connectivity index (χ4v) is 3.80. The van der Waals surface area contributed by atoms with E-state index in [4.69, 9.17) is 4.74 Å². The standard InChI is InChI=1S/C22H24N2O2/c1-15-3-8-20-18(13-15)14-21(23-20)16-9-11-24(12-10-16)22(25)17-4-6-19(26-2)7-5-17/h3-8,13-14,16,23H,9-12H2,1-2H3. The quantitative estimate of drug-likeness (QED) is 0.757. The number of methoxy groups -OCH3 is 1. The Labute approximate surface area is 153 Å². The normalized spacial score (nSPS) is 15.4. The van der Waals surface area contributed by atoms with Crippen LogP contribution in [0.5, 0.6) is 5.75 Å². The highest BCUT2D eigenvalue weighted by molar-refractivity contribution is 5.94. The fourth-order valence-electron chi connectivity index (χ4n) is 3.80. The monoisotopic (exact) mass is 348 g/mol. The van der Waals surface area contributed by atoms with Gasteiger partial charge in [-0.1, -0.05) is 11.6 Å². The maximum Gasteiger partial charge on any atom is 0.253 e. The first-order chi connectivity index (χ1) is 12.6. The van der Waals surface area contributed by atoms with Crippen LogP contribution in [-0.2, 0) is 0 Å². The van der Waals surface area contributed by atoms with Crippen molar-refractivity contribution in [2.45, 2.75) is 25.7 Å². The summed E-state index contributed by atoms with van der Waals surface area (Å²) in [5, 5.41) is 1.27. The average molecular weight is 348 g/mol. The molecule has 1 aromatic heterocycles. The van der Waals surface area contributed by atoms with Crippen LogP contribution in [0.4, 0.5) is 0 Å². The van der Waals surface area contributed by atoms with Gasteiger partial charge in [0.05, 0.1) is 7.11 Å². The Morgan fingerprint density at radius 3 is 2.50 bits per heavy atom. The van der Waals surface area contributed by atoms with E-state index in [-0.39, 0.29) is 5.91 Å². The van der Waals surface area contributed by atoms with Crippen molar-refractivity contribution in [3.05, 3.63) is 65.4 Å². The Hall–Kier alpha value is -2.75. The SMILES string of the molecule is COc1ccc(C(=O)N2CCC(c3cc4cc(C)ccc4[nH]3)CC2)cc1. The van der Waals surface area contributed by atoms with Gasteiger partial charge < -0.3 is 14.6 Å². The molecule has 0 spiro atoms. The van der Waals surface area contributed by atoms with Crippen LogP contribution < -0.4 is 4.74 Å². The molecule has 0 unspecified atom stereocenters. The minimum absolute atomic E-state index is 0.110. The van der Waals surface area contributed by atoms with Crippen molar-refractivity contribution < 1.29 is 9.53 Å². The number of rotatable bonds is 3. The summed E-state index contributed by atoms with van der Waals surface area (Å²) >= 11 is 0. The van der Waals surface area contributed by atoms with E-state index in [0.717, 1.165) is 37.2 Å². The number of ether oxygens (including phenoxy) is 1. The Morgan fingerprint density at radius 1 is 1.08 bits per heavy atom. The van der Waals surface area contributed by atoms with Crippen LogP contribution in [-0.4, -0.2) is 36.0 Å². The predicted molar refractivity (Wildman–Crippen MR) is 104 cm³/mol. The van der Waals surface area contributed by atoms with Crippen molar-refractivity contribution in [2.24, 2.45) is 0 Å². The molecular weight excluding hydrogens is 324 g/mol. The number of aromatic amines is 1. The van der Waals surface area contributed by atoms with Crippen molar-refractivity contribution in [3.8, 4) is 5.75 Å². The number of nitrogens with zero attached hydrogens (tertiary/aromatic N) is 1. The first kappa shape index (κ1) is 16.7. The third kappa shape index (κ3) is 3.19. The van der Waals surface area contributed by atoms with E-state index in [1.807, 2.05) is 29.2 Å². The lowest BCUT2D eigenvalue weighted by atomic mass is 9.93. The Kier molecular flexibility index (Phi) is 4.41. The molecule has 1 saturated heterocycles. The van der Waals surface area contributed by atoms with Gasteiger partial charge in [0.25, 0.3) is 5.91 Å². The molecule has 0 bridgehead atoms. The summed E-state index contributed by atoms with van der Waals surface area (Å²) < 4.78 is 5.16. The summed E-state index contributed by atoms with van der Waals surface area (Å²) in [6.07, 6.45) is 1.99. The van der Waals surface area contributed by atoms with Crippen LogP contribution in [0.25, 0.3) is 10.9 Å². The Bertz CT molecular complexity index is 919. The van der Waals surface area contributed by atoms with Crippen molar-refractivity contribution in [1.29, 1.82) is 0 Å². The van der Waals surface area contributed by atoms with E-state index in [0.29, 0.717) is 5.92 Å². The number of amides is 1. The van der Waals surface area contributed by atoms with Gasteiger partial charge in [0.1, 0.15) is 5.75 Å². The molecule has 4 heteroatoms. The van der Waals surface area contributed by atoms with E-state index in [9.17, 15) is 4.79 Å². The van der Waals surface area contributed by atoms with Gasteiger partial charge in [0.15, 0.2) is 0 Å². The van der Waals surface area contributed by atoms with E-state index in [1.165, 1.54) is 22.2 Å². The molecule has 1 aliphatic rings. The molecule has 3 aromatic rings. The lowest BCUT2D eigenvalue weighted by Crippen LogP contribution is -2.37. The molecule has 26 heavy (non-hydrogen) atoms. The van der Waals surface area contributed by atoms with E-state index in [1.54, 1.807) is 7.11 Å². The number of hydrogen-bond donors (Lipinski definition) is 1.